The molecule has 1 saturated heterocycles. The number of benzene rings is 2. The molecule has 7 nitrogen and oxygen atoms in total. The number of carbonyl (C=O) groups is 2. The van der Waals surface area contributed by atoms with Gasteiger partial charge in [-0.15, -0.1) is 0 Å². The number of methoxy groups -OCH3 is 2. The summed E-state index contributed by atoms with van der Waals surface area (Å²) < 4.78 is 10.4. The molecule has 1 N–H and O–H groups in total. The highest BCUT2D eigenvalue weighted by atomic mass is 16.5. The van der Waals surface area contributed by atoms with Crippen molar-refractivity contribution < 1.29 is 19.1 Å². The van der Waals surface area contributed by atoms with Crippen molar-refractivity contribution in [3.63, 3.8) is 0 Å². The van der Waals surface area contributed by atoms with Gasteiger partial charge in [-0.3, -0.25) is 9.59 Å². The van der Waals surface area contributed by atoms with Crippen LogP contribution in [0.15, 0.2) is 47.6 Å². The zero-order chi connectivity index (χ0) is 20.1. The van der Waals surface area contributed by atoms with E-state index in [1.807, 2.05) is 31.2 Å². The fourth-order valence-corrected chi connectivity index (χ4v) is 3.05. The summed E-state index contributed by atoms with van der Waals surface area (Å²) in [6.45, 7) is 2.34. The van der Waals surface area contributed by atoms with Crippen LogP contribution < -0.4 is 19.8 Å². The molecule has 28 heavy (non-hydrogen) atoms. The lowest BCUT2D eigenvalue weighted by atomic mass is 10.1. The first-order valence-corrected chi connectivity index (χ1v) is 8.94. The van der Waals surface area contributed by atoms with Crippen LogP contribution in [0.3, 0.4) is 0 Å². The maximum atomic E-state index is 12.4. The van der Waals surface area contributed by atoms with Crippen LogP contribution in [0.2, 0.25) is 0 Å². The predicted octanol–water partition coefficient (Wildman–Crippen LogP) is 2.52. The average Bonchev–Trinajstić information content (AvgIpc) is 3.10. The normalized spacial score (nSPS) is 16.5. The molecule has 2 aromatic carbocycles. The highest BCUT2D eigenvalue weighted by Gasteiger charge is 2.35. The van der Waals surface area contributed by atoms with Crippen molar-refractivity contribution in [1.29, 1.82) is 0 Å². The summed E-state index contributed by atoms with van der Waals surface area (Å²) in [6.07, 6.45) is 1.69. The van der Waals surface area contributed by atoms with E-state index in [2.05, 4.69) is 10.5 Å². The fraction of sp³-hybridized carbons (Fsp3) is 0.286. The molecule has 0 bridgehead atoms. The predicted molar refractivity (Wildman–Crippen MR) is 107 cm³/mol. The third-order valence-corrected chi connectivity index (χ3v) is 4.64. The van der Waals surface area contributed by atoms with Crippen molar-refractivity contribution in [2.45, 2.75) is 13.3 Å². The number of ether oxygens (including phenoxy) is 2. The molecule has 0 unspecified atom stereocenters. The molecular weight excluding hydrogens is 358 g/mol. The summed E-state index contributed by atoms with van der Waals surface area (Å²) in [5.74, 6) is 0.418. The van der Waals surface area contributed by atoms with Gasteiger partial charge in [-0.1, -0.05) is 17.7 Å². The van der Waals surface area contributed by atoms with E-state index in [0.29, 0.717) is 18.0 Å². The molecule has 1 aliphatic heterocycles. The lowest BCUT2D eigenvalue weighted by Crippen LogP contribution is -2.30. The third kappa shape index (κ3) is 4.31. The van der Waals surface area contributed by atoms with E-state index >= 15 is 0 Å². The maximum Gasteiger partial charge on any atom is 0.245 e. The summed E-state index contributed by atoms with van der Waals surface area (Å²) in [7, 11) is 3.12. The van der Waals surface area contributed by atoms with Crippen LogP contribution in [-0.4, -0.2) is 38.8 Å². The van der Waals surface area contributed by atoms with Crippen LogP contribution in [-0.2, 0) is 9.59 Å². The summed E-state index contributed by atoms with van der Waals surface area (Å²) >= 11 is 0. The summed E-state index contributed by atoms with van der Waals surface area (Å²) in [4.78, 5) is 26.3. The van der Waals surface area contributed by atoms with Gasteiger partial charge in [0.1, 0.15) is 0 Å². The number of hydrogen-bond donors (Lipinski definition) is 1. The number of carbonyl (C=O) groups excluding carboxylic acids is 2. The molecule has 146 valence electrons. The number of amides is 2. The highest BCUT2D eigenvalue weighted by molar-refractivity contribution is 6.00. The minimum atomic E-state index is -0.434. The Morgan fingerprint density at radius 3 is 2.54 bits per heavy atom. The Labute approximate surface area is 163 Å². The molecule has 1 atom stereocenters. The first-order valence-electron chi connectivity index (χ1n) is 8.94. The van der Waals surface area contributed by atoms with Crippen molar-refractivity contribution in [2.75, 3.05) is 25.7 Å². The molecule has 1 heterocycles. The van der Waals surface area contributed by atoms with Crippen molar-refractivity contribution in [3.05, 3.63) is 53.6 Å². The first-order chi connectivity index (χ1) is 13.5. The van der Waals surface area contributed by atoms with Crippen LogP contribution in [0.4, 0.5) is 5.69 Å². The zero-order valence-electron chi connectivity index (χ0n) is 16.1. The largest absolute Gasteiger partial charge is 0.493 e. The fourth-order valence-electron chi connectivity index (χ4n) is 3.05. The standard InChI is InChI=1S/C21H23N3O4/c1-14-4-7-17(8-5-14)24-13-16(11-20(24)25)21(26)23-22-12-15-6-9-18(27-2)19(10-15)28-3/h4-10,12,16H,11,13H2,1-3H3,(H,23,26)/b22-12-/t16-/m0/s1. The Morgan fingerprint density at radius 1 is 1.14 bits per heavy atom. The van der Waals surface area contributed by atoms with Gasteiger partial charge < -0.3 is 14.4 Å². The van der Waals surface area contributed by atoms with Crippen molar-refractivity contribution in [2.24, 2.45) is 11.0 Å². The lowest BCUT2D eigenvalue weighted by molar-refractivity contribution is -0.126. The Balaban J connectivity index is 1.60. The van der Waals surface area contributed by atoms with Crippen LogP contribution in [0.5, 0.6) is 11.5 Å². The van der Waals surface area contributed by atoms with E-state index in [4.69, 9.17) is 9.47 Å². The van der Waals surface area contributed by atoms with E-state index in [1.54, 1.807) is 37.3 Å². The Kier molecular flexibility index (Phi) is 5.93. The average molecular weight is 381 g/mol. The lowest BCUT2D eigenvalue weighted by Gasteiger charge is -2.16. The summed E-state index contributed by atoms with van der Waals surface area (Å²) in [6, 6.07) is 13.0. The quantitative estimate of drug-likeness (QED) is 0.616. The van der Waals surface area contributed by atoms with Gasteiger partial charge >= 0.3 is 0 Å². The third-order valence-electron chi connectivity index (χ3n) is 4.64. The number of nitrogens with one attached hydrogen (secondary N) is 1. The minimum Gasteiger partial charge on any atom is -0.493 e. The van der Waals surface area contributed by atoms with Crippen LogP contribution in [0.1, 0.15) is 17.5 Å². The number of hydrogen-bond acceptors (Lipinski definition) is 5. The summed E-state index contributed by atoms with van der Waals surface area (Å²) in [5, 5.41) is 4.00. The van der Waals surface area contributed by atoms with Crippen molar-refractivity contribution in [3.8, 4) is 11.5 Å². The molecule has 1 aliphatic rings. The molecule has 2 amide bonds. The van der Waals surface area contributed by atoms with Gasteiger partial charge in [-0.25, -0.2) is 5.43 Å². The zero-order valence-corrected chi connectivity index (χ0v) is 16.1. The van der Waals surface area contributed by atoms with Gasteiger partial charge in [0.25, 0.3) is 0 Å². The number of aryl methyl sites for hydroxylation is 1. The van der Waals surface area contributed by atoms with E-state index in [-0.39, 0.29) is 18.2 Å². The molecule has 1 fully saturated rings. The molecule has 0 spiro atoms. The van der Waals surface area contributed by atoms with E-state index < -0.39 is 5.92 Å². The monoisotopic (exact) mass is 381 g/mol. The molecule has 3 rings (SSSR count). The molecule has 0 aliphatic carbocycles. The maximum absolute atomic E-state index is 12.4. The SMILES string of the molecule is COc1ccc(/C=N\NC(=O)[C@H]2CC(=O)N(c3ccc(C)cc3)C2)cc1OC. The van der Waals surface area contributed by atoms with Gasteiger partial charge in [0, 0.05) is 18.7 Å². The first kappa shape index (κ1) is 19.4. The molecule has 2 aromatic rings. The molecule has 0 radical (unpaired) electrons. The Morgan fingerprint density at radius 2 is 1.86 bits per heavy atom. The Hall–Kier alpha value is -3.35. The van der Waals surface area contributed by atoms with Crippen LogP contribution in [0.25, 0.3) is 0 Å². The number of nitrogens with zero attached hydrogens (tertiary/aromatic N) is 2. The minimum absolute atomic E-state index is 0.0622. The second-order valence-electron chi connectivity index (χ2n) is 6.59. The summed E-state index contributed by atoms with van der Waals surface area (Å²) in [5.41, 5.74) is 5.20. The Bertz CT molecular complexity index is 893. The molecule has 0 saturated carbocycles. The topological polar surface area (TPSA) is 80.2 Å². The van der Waals surface area contributed by atoms with Crippen LogP contribution >= 0.6 is 0 Å². The second-order valence-corrected chi connectivity index (χ2v) is 6.59. The van der Waals surface area contributed by atoms with E-state index in [1.165, 1.54) is 6.21 Å². The van der Waals surface area contributed by atoms with Gasteiger partial charge in [-0.05, 0) is 42.8 Å². The van der Waals surface area contributed by atoms with E-state index in [9.17, 15) is 9.59 Å². The van der Waals surface area contributed by atoms with Crippen molar-refractivity contribution >= 4 is 23.7 Å². The smallest absolute Gasteiger partial charge is 0.245 e. The molecule has 0 aromatic heterocycles. The number of hydrazone groups is 1. The highest BCUT2D eigenvalue weighted by Crippen LogP contribution is 2.27. The van der Waals surface area contributed by atoms with Gasteiger partial charge in [0.05, 0.1) is 26.4 Å². The second kappa shape index (κ2) is 8.56. The van der Waals surface area contributed by atoms with Gasteiger partial charge in [-0.2, -0.15) is 5.10 Å². The van der Waals surface area contributed by atoms with E-state index in [0.717, 1.165) is 16.8 Å². The van der Waals surface area contributed by atoms with Crippen molar-refractivity contribution in [1.82, 2.24) is 5.43 Å². The van der Waals surface area contributed by atoms with Gasteiger partial charge in [0.15, 0.2) is 11.5 Å². The molecular formula is C21H23N3O4. The van der Waals surface area contributed by atoms with Gasteiger partial charge in [0.2, 0.25) is 11.8 Å². The number of rotatable bonds is 6. The van der Waals surface area contributed by atoms with Crippen LogP contribution in [0, 0.1) is 12.8 Å². The molecule has 7 heteroatoms. The number of anilines is 1.